The maximum atomic E-state index is 12.7. The van der Waals surface area contributed by atoms with Crippen molar-refractivity contribution in [2.24, 2.45) is 11.1 Å². The van der Waals surface area contributed by atoms with Crippen LogP contribution in [-0.2, 0) is 42.0 Å². The van der Waals surface area contributed by atoms with Crippen molar-refractivity contribution in [2.75, 3.05) is 39.4 Å². The van der Waals surface area contributed by atoms with Gasteiger partial charge in [-0.3, -0.25) is 23.4 Å². The molecule has 33 heavy (non-hydrogen) atoms. The number of ether oxygens (including phenoxy) is 2. The van der Waals surface area contributed by atoms with Crippen molar-refractivity contribution in [3.05, 3.63) is 0 Å². The van der Waals surface area contributed by atoms with E-state index in [2.05, 4.69) is 15.4 Å². The molecule has 1 aliphatic rings. The summed E-state index contributed by atoms with van der Waals surface area (Å²) in [4.78, 5) is 46.9. The first-order valence-corrected chi connectivity index (χ1v) is 12.6. The maximum absolute atomic E-state index is 12.7. The Morgan fingerprint density at radius 3 is 2.58 bits per heavy atom. The Hall–Kier alpha value is -1.70. The van der Waals surface area contributed by atoms with E-state index < -0.39 is 50.1 Å². The van der Waals surface area contributed by atoms with Gasteiger partial charge in [0.1, 0.15) is 0 Å². The van der Waals surface area contributed by atoms with E-state index in [-0.39, 0.29) is 31.2 Å². The van der Waals surface area contributed by atoms with Crippen molar-refractivity contribution in [2.45, 2.75) is 45.8 Å². The Balaban J connectivity index is 2.43. The second-order valence-electron chi connectivity index (χ2n) is 7.60. The van der Waals surface area contributed by atoms with Crippen molar-refractivity contribution in [3.8, 4) is 0 Å². The number of alkyl carbamates (subject to hydrolysis) is 1. The van der Waals surface area contributed by atoms with Gasteiger partial charge in [0.2, 0.25) is 17.8 Å². The molecule has 4 N–H and O–H groups in total. The first kappa shape index (κ1) is 29.3. The van der Waals surface area contributed by atoms with Gasteiger partial charge in [-0.25, -0.2) is 13.9 Å². The Labute approximate surface area is 196 Å². The molecule has 0 radical (unpaired) electrons. The number of phosphoric acid groups is 1. The largest absolute Gasteiger partial charge is 0.478 e. The SMILES string of the molecule is CC[C@H](N)C(=O)SCCNC(=O)OCOP1(=O)OCC(C)(C)[C@H](C(=O)NCCC(=O)OC)O1. The summed E-state index contributed by atoms with van der Waals surface area (Å²) < 4.78 is 37.4. The van der Waals surface area contributed by atoms with E-state index in [1.54, 1.807) is 20.8 Å². The van der Waals surface area contributed by atoms with E-state index in [0.29, 0.717) is 12.2 Å². The second kappa shape index (κ2) is 13.9. The minimum atomic E-state index is -4.20. The molecule has 0 saturated carbocycles. The number of rotatable bonds is 12. The van der Waals surface area contributed by atoms with E-state index in [1.807, 2.05) is 0 Å². The predicted octanol–water partition coefficient (Wildman–Crippen LogP) is 0.913. The number of thioether (sulfide) groups is 1. The van der Waals surface area contributed by atoms with Crippen LogP contribution < -0.4 is 16.4 Å². The zero-order valence-corrected chi connectivity index (χ0v) is 20.8. The van der Waals surface area contributed by atoms with Gasteiger partial charge in [0.25, 0.3) is 0 Å². The Morgan fingerprint density at radius 2 is 1.94 bits per heavy atom. The summed E-state index contributed by atoms with van der Waals surface area (Å²) in [5.41, 5.74) is 4.75. The second-order valence-corrected chi connectivity index (χ2v) is 10.3. The molecule has 13 nitrogen and oxygen atoms in total. The molecule has 0 aromatic rings. The summed E-state index contributed by atoms with van der Waals surface area (Å²) in [6, 6.07) is -0.549. The van der Waals surface area contributed by atoms with Crippen LogP contribution in [0.2, 0.25) is 0 Å². The van der Waals surface area contributed by atoms with Gasteiger partial charge >= 0.3 is 19.9 Å². The Bertz CT molecular complexity index is 751. The molecule has 3 atom stereocenters. The molecule has 0 spiro atoms. The van der Waals surface area contributed by atoms with Gasteiger partial charge < -0.3 is 25.8 Å². The predicted molar refractivity (Wildman–Crippen MR) is 118 cm³/mol. The summed E-state index contributed by atoms with van der Waals surface area (Å²) in [6.45, 7) is 4.39. The number of esters is 1. The molecule has 0 bridgehead atoms. The number of phosphoric ester groups is 1. The summed E-state index contributed by atoms with van der Waals surface area (Å²) in [5.74, 6) is -0.805. The van der Waals surface area contributed by atoms with E-state index in [0.717, 1.165) is 11.8 Å². The number of nitrogens with one attached hydrogen (secondary N) is 2. The average Bonchev–Trinajstić information content (AvgIpc) is 2.77. The van der Waals surface area contributed by atoms with Gasteiger partial charge in [-0.05, 0) is 6.42 Å². The van der Waals surface area contributed by atoms with Crippen molar-refractivity contribution >= 4 is 42.7 Å². The van der Waals surface area contributed by atoms with Crippen molar-refractivity contribution < 1.29 is 46.8 Å². The molecular formula is C18H32N3O10PS. The molecular weight excluding hydrogens is 481 g/mol. The number of methoxy groups -OCH3 is 1. The lowest BCUT2D eigenvalue weighted by atomic mass is 9.87. The molecule has 1 rings (SSSR count). The Kier molecular flexibility index (Phi) is 12.3. The number of amides is 2. The number of carbonyl (C=O) groups is 4. The van der Waals surface area contributed by atoms with Crippen LogP contribution in [0.1, 0.15) is 33.6 Å². The highest BCUT2D eigenvalue weighted by molar-refractivity contribution is 8.13. The first-order valence-electron chi connectivity index (χ1n) is 10.2. The van der Waals surface area contributed by atoms with E-state index in [1.165, 1.54) is 7.11 Å². The van der Waals surface area contributed by atoms with Crippen LogP contribution in [0.3, 0.4) is 0 Å². The van der Waals surface area contributed by atoms with Gasteiger partial charge in [0.05, 0.1) is 26.2 Å². The highest BCUT2D eigenvalue weighted by Gasteiger charge is 2.49. The topological polar surface area (TPSA) is 182 Å². The van der Waals surface area contributed by atoms with Crippen molar-refractivity contribution in [1.82, 2.24) is 10.6 Å². The molecule has 1 unspecified atom stereocenters. The number of nitrogens with two attached hydrogens (primary N) is 1. The number of carbonyl (C=O) groups excluding carboxylic acids is 4. The smallest absolute Gasteiger partial charge is 0.469 e. The maximum Gasteiger partial charge on any atom is 0.478 e. The lowest BCUT2D eigenvalue weighted by Gasteiger charge is -2.39. The lowest BCUT2D eigenvalue weighted by molar-refractivity contribution is -0.144. The first-order chi connectivity index (χ1) is 15.4. The number of hydrogen-bond donors (Lipinski definition) is 3. The van der Waals surface area contributed by atoms with Gasteiger partial charge in [-0.2, -0.15) is 0 Å². The standard InChI is InChI=1S/C18H32N3O10PS/c1-5-12(19)16(24)33-9-8-21-17(25)28-11-30-32(26)29-10-18(2,3)14(31-32)15(23)20-7-6-13(22)27-4/h12,14H,5-11,19H2,1-4H3,(H,20,23)(H,21,25)/t12-,14-,32?/m0/s1. The zero-order valence-electron chi connectivity index (χ0n) is 19.1. The van der Waals surface area contributed by atoms with Crippen LogP contribution in [0, 0.1) is 5.41 Å². The minimum Gasteiger partial charge on any atom is -0.469 e. The quantitative estimate of drug-likeness (QED) is 0.145. The molecule has 2 amide bonds. The third kappa shape index (κ3) is 10.4. The van der Waals surface area contributed by atoms with Gasteiger partial charge in [0, 0.05) is 24.3 Å². The highest BCUT2D eigenvalue weighted by Crippen LogP contribution is 2.57. The van der Waals surface area contributed by atoms with E-state index >= 15 is 0 Å². The van der Waals surface area contributed by atoms with Crippen LogP contribution in [0.25, 0.3) is 0 Å². The fourth-order valence-electron chi connectivity index (χ4n) is 2.35. The molecule has 190 valence electrons. The highest BCUT2D eigenvalue weighted by atomic mass is 32.2. The Morgan fingerprint density at radius 1 is 1.24 bits per heavy atom. The lowest BCUT2D eigenvalue weighted by Crippen LogP contribution is -2.50. The fraction of sp³-hybridized carbons (Fsp3) is 0.778. The van der Waals surface area contributed by atoms with Crippen LogP contribution in [-0.4, -0.2) is 74.6 Å². The van der Waals surface area contributed by atoms with Crippen LogP contribution in [0.4, 0.5) is 4.79 Å². The van der Waals surface area contributed by atoms with E-state index in [4.69, 9.17) is 24.0 Å². The zero-order chi connectivity index (χ0) is 25.1. The normalized spacial score (nSPS) is 22.6. The summed E-state index contributed by atoms with van der Waals surface area (Å²) in [6.07, 6.45) is -1.59. The molecule has 1 fully saturated rings. The van der Waals surface area contributed by atoms with Crippen molar-refractivity contribution in [3.63, 3.8) is 0 Å². The van der Waals surface area contributed by atoms with Gasteiger partial charge in [-0.1, -0.05) is 32.5 Å². The molecule has 1 saturated heterocycles. The molecule has 1 aliphatic heterocycles. The van der Waals surface area contributed by atoms with Gasteiger partial charge in [0.15, 0.2) is 6.10 Å². The summed E-state index contributed by atoms with van der Waals surface area (Å²) in [7, 11) is -2.97. The monoisotopic (exact) mass is 513 g/mol. The minimum absolute atomic E-state index is 0.00497. The van der Waals surface area contributed by atoms with E-state index in [9.17, 15) is 23.7 Å². The average molecular weight is 514 g/mol. The summed E-state index contributed by atoms with van der Waals surface area (Å²) >= 11 is 0.995. The third-order valence-electron chi connectivity index (χ3n) is 4.39. The molecule has 1 heterocycles. The molecule has 0 aromatic heterocycles. The number of hydrogen-bond acceptors (Lipinski definition) is 12. The van der Waals surface area contributed by atoms with Crippen LogP contribution in [0.5, 0.6) is 0 Å². The summed E-state index contributed by atoms with van der Waals surface area (Å²) in [5, 5.41) is 4.73. The van der Waals surface area contributed by atoms with Crippen LogP contribution in [0.15, 0.2) is 0 Å². The molecule has 0 aromatic carbocycles. The fourth-order valence-corrected chi connectivity index (χ4v) is 4.64. The molecule has 0 aliphatic carbocycles. The molecule has 15 heteroatoms. The van der Waals surface area contributed by atoms with Crippen LogP contribution >= 0.6 is 19.6 Å². The van der Waals surface area contributed by atoms with Gasteiger partial charge in [-0.15, -0.1) is 0 Å². The third-order valence-corrected chi connectivity index (χ3v) is 6.72. The van der Waals surface area contributed by atoms with Crippen molar-refractivity contribution in [1.29, 1.82) is 0 Å².